The maximum absolute atomic E-state index is 12.6. The van der Waals surface area contributed by atoms with Crippen molar-refractivity contribution in [2.75, 3.05) is 13.2 Å². The molecule has 7 nitrogen and oxygen atoms in total. The molecule has 0 unspecified atom stereocenters. The van der Waals surface area contributed by atoms with Crippen LogP contribution in [0.2, 0.25) is 0 Å². The van der Waals surface area contributed by atoms with Gasteiger partial charge in [0, 0.05) is 5.56 Å². The smallest absolute Gasteiger partial charge is 0.411 e. The van der Waals surface area contributed by atoms with Crippen LogP contribution < -0.4 is 5.20 Å². The summed E-state index contributed by atoms with van der Waals surface area (Å²) in [7, 11) is -3.55. The van der Waals surface area contributed by atoms with E-state index in [2.05, 4.69) is 15.5 Å². The molecule has 8 heteroatoms. The zero-order valence-corrected chi connectivity index (χ0v) is 14.6. The van der Waals surface area contributed by atoms with Gasteiger partial charge < -0.3 is 5.21 Å². The minimum Gasteiger partial charge on any atom is -0.411 e. The highest BCUT2D eigenvalue weighted by Crippen LogP contribution is 2.43. The lowest BCUT2D eigenvalue weighted by Gasteiger charge is -2.17. The third kappa shape index (κ3) is 6.52. The quantitative estimate of drug-likeness (QED) is 0.292. The Morgan fingerprint density at radius 2 is 1.74 bits per heavy atom. The monoisotopic (exact) mass is 341 g/mol. The number of benzene rings is 1. The van der Waals surface area contributed by atoms with Crippen molar-refractivity contribution in [1.82, 2.24) is 5.20 Å². The van der Waals surface area contributed by atoms with E-state index in [1.807, 2.05) is 32.0 Å². The summed E-state index contributed by atoms with van der Waals surface area (Å²) in [5, 5.41) is 18.8. The second-order valence-corrected chi connectivity index (χ2v) is 6.49. The fourth-order valence-electron chi connectivity index (χ4n) is 1.63. The van der Waals surface area contributed by atoms with Gasteiger partial charge in [0.2, 0.25) is 0 Å². The number of hydrazone groups is 1. The van der Waals surface area contributed by atoms with E-state index in [1.165, 1.54) is 0 Å². The number of hydrogen-bond donors (Lipinski definition) is 2. The standard InChI is InChI=1S/C15H24N3O4P/c1-4-11-21-23(20,22-12-5-2)18-16-15(13(3)17-19)14-9-7-6-8-10-14/h6-10,19H,4-5,11-12H2,1-3H3,(H,18,20)/b16-15-,17-13+. The molecule has 0 spiro atoms. The average Bonchev–Trinajstić information content (AvgIpc) is 2.59. The number of hydrogen-bond acceptors (Lipinski definition) is 6. The van der Waals surface area contributed by atoms with E-state index < -0.39 is 7.75 Å². The van der Waals surface area contributed by atoms with Gasteiger partial charge in [0.25, 0.3) is 0 Å². The zero-order chi connectivity index (χ0) is 17.1. The molecule has 0 heterocycles. The van der Waals surface area contributed by atoms with Crippen molar-refractivity contribution in [1.29, 1.82) is 0 Å². The zero-order valence-electron chi connectivity index (χ0n) is 13.7. The molecule has 1 aromatic carbocycles. The molecule has 0 radical (unpaired) electrons. The summed E-state index contributed by atoms with van der Waals surface area (Å²) in [6.45, 7) is 5.99. The first-order chi connectivity index (χ1) is 11.1. The van der Waals surface area contributed by atoms with Crippen molar-refractivity contribution < 1.29 is 18.8 Å². The second-order valence-electron chi connectivity index (χ2n) is 4.78. The van der Waals surface area contributed by atoms with Gasteiger partial charge in [-0.25, -0.2) is 9.76 Å². The van der Waals surface area contributed by atoms with Crippen LogP contribution in [0.1, 0.15) is 39.2 Å². The summed E-state index contributed by atoms with van der Waals surface area (Å²) >= 11 is 0. The molecule has 0 atom stereocenters. The Bertz CT molecular complexity index is 563. The van der Waals surface area contributed by atoms with Crippen molar-refractivity contribution >= 4 is 19.2 Å². The lowest BCUT2D eigenvalue weighted by molar-refractivity contribution is 0.196. The fourth-order valence-corrected chi connectivity index (χ4v) is 2.89. The van der Waals surface area contributed by atoms with Gasteiger partial charge in [-0.15, -0.1) is 0 Å². The Balaban J connectivity index is 3.02. The SMILES string of the molecule is CCCOP(=O)(N/N=C(/C(C)=N/O)c1ccccc1)OCCC. The molecule has 0 aliphatic rings. The van der Waals surface area contributed by atoms with E-state index in [-0.39, 0.29) is 18.9 Å². The number of rotatable bonds is 10. The highest BCUT2D eigenvalue weighted by molar-refractivity contribution is 7.51. The summed E-state index contributed by atoms with van der Waals surface area (Å²) in [5.41, 5.74) is 1.35. The Kier molecular flexibility index (Phi) is 8.55. The Morgan fingerprint density at radius 1 is 1.17 bits per heavy atom. The van der Waals surface area contributed by atoms with Crippen LogP contribution in [0, 0.1) is 0 Å². The lowest BCUT2D eigenvalue weighted by Crippen LogP contribution is -2.18. The van der Waals surface area contributed by atoms with Crippen LogP contribution >= 0.6 is 7.75 Å². The summed E-state index contributed by atoms with van der Waals surface area (Å²) in [6.07, 6.45) is 1.40. The summed E-state index contributed by atoms with van der Waals surface area (Å²) < 4.78 is 23.2. The molecule has 0 saturated heterocycles. The van der Waals surface area contributed by atoms with E-state index in [4.69, 9.17) is 14.3 Å². The van der Waals surface area contributed by atoms with Crippen LogP contribution in [-0.2, 0) is 13.6 Å². The molecule has 0 aromatic heterocycles. The molecule has 1 aromatic rings. The Hall–Kier alpha value is -1.69. The van der Waals surface area contributed by atoms with E-state index in [0.29, 0.717) is 24.1 Å². The van der Waals surface area contributed by atoms with Gasteiger partial charge in [0.1, 0.15) is 11.4 Å². The Morgan fingerprint density at radius 3 is 2.22 bits per heavy atom. The van der Waals surface area contributed by atoms with E-state index in [0.717, 1.165) is 0 Å². The van der Waals surface area contributed by atoms with Gasteiger partial charge in [-0.3, -0.25) is 9.05 Å². The predicted octanol–water partition coefficient (Wildman–Crippen LogP) is 3.79. The Labute approximate surface area is 137 Å². The summed E-state index contributed by atoms with van der Waals surface area (Å²) in [4.78, 5) is 0. The molecule has 1 rings (SSSR count). The van der Waals surface area contributed by atoms with Crippen LogP contribution in [0.3, 0.4) is 0 Å². The summed E-state index contributed by atoms with van der Waals surface area (Å²) in [6, 6.07) is 9.13. The lowest BCUT2D eigenvalue weighted by atomic mass is 10.1. The van der Waals surface area contributed by atoms with E-state index in [1.54, 1.807) is 19.1 Å². The van der Waals surface area contributed by atoms with Crippen molar-refractivity contribution in [2.24, 2.45) is 10.3 Å². The molecule has 0 bridgehead atoms. The normalized spacial score (nSPS) is 13.2. The average molecular weight is 341 g/mol. The van der Waals surface area contributed by atoms with E-state index in [9.17, 15) is 4.57 Å². The maximum Gasteiger partial charge on any atom is 0.448 e. The summed E-state index contributed by atoms with van der Waals surface area (Å²) in [5.74, 6) is 0. The molecule has 0 saturated carbocycles. The molecular formula is C15H24N3O4P. The third-order valence-electron chi connectivity index (χ3n) is 2.75. The number of nitrogens with zero attached hydrogens (tertiary/aromatic N) is 2. The largest absolute Gasteiger partial charge is 0.448 e. The minimum absolute atomic E-state index is 0.279. The topological polar surface area (TPSA) is 92.5 Å². The van der Waals surface area contributed by atoms with Crippen molar-refractivity contribution in [3.63, 3.8) is 0 Å². The van der Waals surface area contributed by atoms with E-state index >= 15 is 0 Å². The van der Waals surface area contributed by atoms with Gasteiger partial charge in [0.15, 0.2) is 0 Å². The van der Waals surface area contributed by atoms with Crippen LogP contribution in [0.5, 0.6) is 0 Å². The van der Waals surface area contributed by atoms with Gasteiger partial charge in [-0.05, 0) is 19.8 Å². The number of oxime groups is 1. The molecule has 0 aliphatic heterocycles. The third-order valence-corrected chi connectivity index (χ3v) is 4.14. The molecule has 0 fully saturated rings. The molecule has 23 heavy (non-hydrogen) atoms. The first-order valence-electron chi connectivity index (χ1n) is 7.54. The van der Waals surface area contributed by atoms with Crippen molar-refractivity contribution in [3.05, 3.63) is 35.9 Å². The van der Waals surface area contributed by atoms with Gasteiger partial charge in [-0.2, -0.15) is 5.10 Å². The van der Waals surface area contributed by atoms with Crippen LogP contribution in [0.25, 0.3) is 0 Å². The van der Waals surface area contributed by atoms with Crippen molar-refractivity contribution in [3.8, 4) is 0 Å². The second kappa shape index (κ2) is 10.2. The predicted molar refractivity (Wildman–Crippen MR) is 91.1 cm³/mol. The first-order valence-corrected chi connectivity index (χ1v) is 9.09. The van der Waals surface area contributed by atoms with Gasteiger partial charge in [-0.1, -0.05) is 49.3 Å². The van der Waals surface area contributed by atoms with Gasteiger partial charge >= 0.3 is 7.75 Å². The molecule has 2 N–H and O–H groups in total. The molecule has 128 valence electrons. The van der Waals surface area contributed by atoms with Crippen LogP contribution in [0.15, 0.2) is 40.6 Å². The van der Waals surface area contributed by atoms with Gasteiger partial charge in [0.05, 0.1) is 13.2 Å². The highest BCUT2D eigenvalue weighted by atomic mass is 31.2. The highest BCUT2D eigenvalue weighted by Gasteiger charge is 2.24. The minimum atomic E-state index is -3.55. The van der Waals surface area contributed by atoms with Crippen LogP contribution in [-0.4, -0.2) is 29.8 Å². The maximum atomic E-state index is 12.6. The number of nitrogens with one attached hydrogen (secondary N) is 1. The fraction of sp³-hybridized carbons (Fsp3) is 0.467. The molecular weight excluding hydrogens is 317 g/mol. The molecule has 0 aliphatic carbocycles. The first kappa shape index (κ1) is 19.4. The van der Waals surface area contributed by atoms with Crippen molar-refractivity contribution in [2.45, 2.75) is 33.6 Å². The molecule has 0 amide bonds. The van der Waals surface area contributed by atoms with Crippen LogP contribution in [0.4, 0.5) is 0 Å².